The topological polar surface area (TPSA) is 93.8 Å². The third-order valence-corrected chi connectivity index (χ3v) is 2.21. The second kappa shape index (κ2) is 7.00. The standard InChI is InChI=1S/C14H22N2O4/c1-14(2,3)20-13(18)16-10-5-6-12(11(17)9-10)19-8-4-7-15/h5-6,9,17H,4,7-8,15H2,1-3H3,(H,16,18). The number of phenols is 1. The lowest BCUT2D eigenvalue weighted by atomic mass is 10.2. The maximum atomic E-state index is 11.6. The molecule has 6 nitrogen and oxygen atoms in total. The first kappa shape index (κ1) is 16.1. The molecule has 0 radical (unpaired) electrons. The summed E-state index contributed by atoms with van der Waals surface area (Å²) in [5.41, 5.74) is 5.22. The van der Waals surface area contributed by atoms with Crippen LogP contribution in [0.5, 0.6) is 11.5 Å². The van der Waals surface area contributed by atoms with Crippen LogP contribution < -0.4 is 15.8 Å². The molecule has 20 heavy (non-hydrogen) atoms. The number of amides is 1. The fourth-order valence-electron chi connectivity index (χ4n) is 1.40. The number of nitrogens with one attached hydrogen (secondary N) is 1. The quantitative estimate of drug-likeness (QED) is 0.721. The van der Waals surface area contributed by atoms with Crippen LogP contribution >= 0.6 is 0 Å². The van der Waals surface area contributed by atoms with Gasteiger partial charge < -0.3 is 20.3 Å². The first-order valence-electron chi connectivity index (χ1n) is 6.48. The molecule has 0 saturated heterocycles. The smallest absolute Gasteiger partial charge is 0.412 e. The minimum atomic E-state index is -0.575. The van der Waals surface area contributed by atoms with Crippen molar-refractivity contribution in [3.63, 3.8) is 0 Å². The number of benzene rings is 1. The first-order valence-corrected chi connectivity index (χ1v) is 6.48. The normalized spacial score (nSPS) is 11.0. The highest BCUT2D eigenvalue weighted by Gasteiger charge is 2.16. The SMILES string of the molecule is CC(C)(C)OC(=O)Nc1ccc(OCCCN)c(O)c1. The van der Waals surface area contributed by atoms with Gasteiger partial charge in [0.1, 0.15) is 5.60 Å². The van der Waals surface area contributed by atoms with E-state index in [-0.39, 0.29) is 5.75 Å². The van der Waals surface area contributed by atoms with Gasteiger partial charge in [-0.3, -0.25) is 5.32 Å². The van der Waals surface area contributed by atoms with Gasteiger partial charge in [0.2, 0.25) is 0 Å². The van der Waals surface area contributed by atoms with Crippen LogP contribution in [0.3, 0.4) is 0 Å². The maximum Gasteiger partial charge on any atom is 0.412 e. The summed E-state index contributed by atoms with van der Waals surface area (Å²) < 4.78 is 10.5. The van der Waals surface area contributed by atoms with Crippen molar-refractivity contribution < 1.29 is 19.4 Å². The van der Waals surface area contributed by atoms with Crippen LogP contribution in [0.1, 0.15) is 27.2 Å². The molecule has 0 aliphatic carbocycles. The highest BCUT2D eigenvalue weighted by molar-refractivity contribution is 5.85. The Bertz CT molecular complexity index is 455. The van der Waals surface area contributed by atoms with Crippen LogP contribution in [0, 0.1) is 0 Å². The summed E-state index contributed by atoms with van der Waals surface area (Å²) in [6, 6.07) is 4.61. The van der Waals surface area contributed by atoms with E-state index in [1.54, 1.807) is 32.9 Å². The van der Waals surface area contributed by atoms with Crippen LogP contribution in [0.2, 0.25) is 0 Å². The number of hydrogen-bond acceptors (Lipinski definition) is 5. The Morgan fingerprint density at radius 1 is 1.40 bits per heavy atom. The predicted molar refractivity (Wildman–Crippen MR) is 77.1 cm³/mol. The highest BCUT2D eigenvalue weighted by atomic mass is 16.6. The molecule has 0 atom stereocenters. The van der Waals surface area contributed by atoms with Crippen molar-refractivity contribution in [1.29, 1.82) is 0 Å². The Labute approximate surface area is 118 Å². The second-order valence-electron chi connectivity index (χ2n) is 5.30. The molecule has 1 aromatic rings. The number of phenolic OH excluding ortho intramolecular Hbond substituents is 1. The molecule has 0 aromatic heterocycles. The number of aromatic hydroxyl groups is 1. The van der Waals surface area contributed by atoms with Gasteiger partial charge in [-0.15, -0.1) is 0 Å². The van der Waals surface area contributed by atoms with Gasteiger partial charge in [0.05, 0.1) is 6.61 Å². The van der Waals surface area contributed by atoms with Crippen LogP contribution in [-0.2, 0) is 4.74 Å². The van der Waals surface area contributed by atoms with Gasteiger partial charge >= 0.3 is 6.09 Å². The molecule has 1 amide bonds. The van der Waals surface area contributed by atoms with E-state index >= 15 is 0 Å². The third-order valence-electron chi connectivity index (χ3n) is 2.21. The maximum absolute atomic E-state index is 11.6. The van der Waals surface area contributed by atoms with Gasteiger partial charge in [0.25, 0.3) is 0 Å². The molecule has 112 valence electrons. The summed E-state index contributed by atoms with van der Waals surface area (Å²) in [4.78, 5) is 11.6. The molecule has 0 heterocycles. The molecule has 4 N–H and O–H groups in total. The minimum Gasteiger partial charge on any atom is -0.504 e. The molecule has 0 aliphatic heterocycles. The van der Waals surface area contributed by atoms with Crippen molar-refractivity contribution in [3.05, 3.63) is 18.2 Å². The lowest BCUT2D eigenvalue weighted by Gasteiger charge is -2.19. The summed E-state index contributed by atoms with van der Waals surface area (Å²) >= 11 is 0. The molecular formula is C14H22N2O4. The number of ether oxygens (including phenoxy) is 2. The van der Waals surface area contributed by atoms with E-state index in [0.717, 1.165) is 0 Å². The van der Waals surface area contributed by atoms with E-state index in [0.29, 0.717) is 31.0 Å². The summed E-state index contributed by atoms with van der Waals surface area (Å²) in [7, 11) is 0. The zero-order valence-corrected chi connectivity index (χ0v) is 12.1. The molecule has 0 saturated carbocycles. The van der Waals surface area contributed by atoms with Crippen LogP contribution in [0.15, 0.2) is 18.2 Å². The van der Waals surface area contributed by atoms with Crippen molar-refractivity contribution in [2.45, 2.75) is 32.8 Å². The van der Waals surface area contributed by atoms with Gasteiger partial charge in [-0.1, -0.05) is 0 Å². The number of anilines is 1. The molecule has 0 bridgehead atoms. The Kier molecular flexibility index (Phi) is 5.64. The van der Waals surface area contributed by atoms with Crippen molar-refractivity contribution in [2.24, 2.45) is 5.73 Å². The van der Waals surface area contributed by atoms with Crippen LogP contribution in [0.25, 0.3) is 0 Å². The van der Waals surface area contributed by atoms with Gasteiger partial charge in [-0.05, 0) is 45.9 Å². The summed E-state index contributed by atoms with van der Waals surface area (Å²) in [6.45, 7) is 6.29. The average molecular weight is 282 g/mol. The zero-order chi connectivity index (χ0) is 15.2. The molecule has 0 fully saturated rings. The summed E-state index contributed by atoms with van der Waals surface area (Å²) in [5, 5.41) is 12.3. The molecule has 0 aliphatic rings. The molecule has 6 heteroatoms. The van der Waals surface area contributed by atoms with E-state index in [1.807, 2.05) is 0 Å². The first-order chi connectivity index (χ1) is 9.31. The molecular weight excluding hydrogens is 260 g/mol. The predicted octanol–water partition coefficient (Wildman–Crippen LogP) is 2.47. The Hall–Kier alpha value is -1.95. The molecule has 1 aromatic carbocycles. The number of carbonyl (C=O) groups excluding carboxylic acids is 1. The monoisotopic (exact) mass is 282 g/mol. The largest absolute Gasteiger partial charge is 0.504 e. The van der Waals surface area contributed by atoms with E-state index < -0.39 is 11.7 Å². The van der Waals surface area contributed by atoms with E-state index in [9.17, 15) is 9.90 Å². The third kappa shape index (κ3) is 5.79. The van der Waals surface area contributed by atoms with Crippen LogP contribution in [0.4, 0.5) is 10.5 Å². The van der Waals surface area contributed by atoms with Gasteiger partial charge in [-0.2, -0.15) is 0 Å². The lowest BCUT2D eigenvalue weighted by Crippen LogP contribution is -2.27. The van der Waals surface area contributed by atoms with E-state index in [2.05, 4.69) is 5.32 Å². The van der Waals surface area contributed by atoms with E-state index in [4.69, 9.17) is 15.2 Å². The Morgan fingerprint density at radius 3 is 2.65 bits per heavy atom. The van der Waals surface area contributed by atoms with Crippen molar-refractivity contribution in [1.82, 2.24) is 0 Å². The van der Waals surface area contributed by atoms with Gasteiger partial charge in [0.15, 0.2) is 11.5 Å². The average Bonchev–Trinajstić information content (AvgIpc) is 2.29. The zero-order valence-electron chi connectivity index (χ0n) is 12.1. The van der Waals surface area contributed by atoms with Gasteiger partial charge in [-0.25, -0.2) is 4.79 Å². The number of nitrogens with two attached hydrogens (primary N) is 1. The van der Waals surface area contributed by atoms with Crippen LogP contribution in [-0.4, -0.2) is 30.0 Å². The fraction of sp³-hybridized carbons (Fsp3) is 0.500. The molecule has 0 spiro atoms. The summed E-state index contributed by atoms with van der Waals surface area (Å²) in [6.07, 6.45) is 0.130. The number of rotatable bonds is 5. The lowest BCUT2D eigenvalue weighted by molar-refractivity contribution is 0.0636. The Balaban J connectivity index is 2.61. The Morgan fingerprint density at radius 2 is 2.10 bits per heavy atom. The number of hydrogen-bond donors (Lipinski definition) is 3. The minimum absolute atomic E-state index is 0.0458. The summed E-state index contributed by atoms with van der Waals surface area (Å²) in [5.74, 6) is 0.309. The van der Waals surface area contributed by atoms with Crippen molar-refractivity contribution >= 4 is 11.8 Å². The van der Waals surface area contributed by atoms with Gasteiger partial charge in [0, 0.05) is 11.8 Å². The fourth-order valence-corrected chi connectivity index (χ4v) is 1.40. The van der Waals surface area contributed by atoms with Crippen molar-refractivity contribution in [3.8, 4) is 11.5 Å². The van der Waals surface area contributed by atoms with E-state index in [1.165, 1.54) is 6.07 Å². The van der Waals surface area contributed by atoms with Crippen molar-refractivity contribution in [2.75, 3.05) is 18.5 Å². The highest BCUT2D eigenvalue weighted by Crippen LogP contribution is 2.29. The molecule has 0 unspecified atom stereocenters. The molecule has 1 rings (SSSR count). The second-order valence-corrected chi connectivity index (χ2v) is 5.30. The number of carbonyl (C=O) groups is 1.